The van der Waals surface area contributed by atoms with Crippen molar-refractivity contribution in [3.05, 3.63) is 77.6 Å². The molecule has 6 heteroatoms. The maximum absolute atomic E-state index is 13.9. The summed E-state index contributed by atoms with van der Waals surface area (Å²) < 4.78 is 33.1. The highest BCUT2D eigenvalue weighted by atomic mass is 19.2. The van der Waals surface area contributed by atoms with Crippen molar-refractivity contribution in [3.63, 3.8) is 0 Å². The number of rotatable bonds is 8. The van der Waals surface area contributed by atoms with Gasteiger partial charge in [0.1, 0.15) is 17.9 Å². The molecular formula is C29H31F2N3O. The molecule has 4 aromatic rings. The molecule has 0 aliphatic heterocycles. The van der Waals surface area contributed by atoms with E-state index >= 15 is 0 Å². The first kappa shape index (κ1) is 24.6. The van der Waals surface area contributed by atoms with E-state index < -0.39 is 11.6 Å². The molecule has 182 valence electrons. The van der Waals surface area contributed by atoms with Crippen molar-refractivity contribution in [2.45, 2.75) is 52.4 Å². The van der Waals surface area contributed by atoms with Gasteiger partial charge in [-0.2, -0.15) is 0 Å². The molecule has 0 bridgehead atoms. The largest absolute Gasteiger partial charge is 0.496 e. The fraction of sp³-hybridized carbons (Fsp3) is 0.310. The van der Waals surface area contributed by atoms with Gasteiger partial charge in [-0.3, -0.25) is 0 Å². The summed E-state index contributed by atoms with van der Waals surface area (Å²) in [7, 11) is 1.68. The number of aromatic nitrogens is 2. The predicted octanol–water partition coefficient (Wildman–Crippen LogP) is 8.35. The quantitative estimate of drug-likeness (QED) is 0.278. The molecule has 1 aromatic heterocycles. The van der Waals surface area contributed by atoms with E-state index in [0.29, 0.717) is 23.2 Å². The van der Waals surface area contributed by atoms with Gasteiger partial charge in [-0.1, -0.05) is 45.9 Å². The normalized spacial score (nSPS) is 13.0. The molecule has 1 heterocycles. The molecule has 0 saturated carbocycles. The van der Waals surface area contributed by atoms with E-state index in [9.17, 15) is 8.78 Å². The summed E-state index contributed by atoms with van der Waals surface area (Å²) in [5, 5.41) is 4.43. The maximum atomic E-state index is 13.9. The second-order valence-corrected chi connectivity index (χ2v) is 9.01. The van der Waals surface area contributed by atoms with Gasteiger partial charge in [-0.25, -0.2) is 18.7 Å². The average molecular weight is 476 g/mol. The molecule has 3 aromatic carbocycles. The minimum Gasteiger partial charge on any atom is -0.496 e. The van der Waals surface area contributed by atoms with Gasteiger partial charge in [0.25, 0.3) is 0 Å². The van der Waals surface area contributed by atoms with E-state index in [0.717, 1.165) is 57.9 Å². The zero-order valence-corrected chi connectivity index (χ0v) is 20.8. The third kappa shape index (κ3) is 4.97. The van der Waals surface area contributed by atoms with Crippen LogP contribution in [0.4, 0.5) is 20.3 Å². The van der Waals surface area contributed by atoms with Gasteiger partial charge in [0.15, 0.2) is 11.6 Å². The topological polar surface area (TPSA) is 47.0 Å². The van der Waals surface area contributed by atoms with E-state index in [2.05, 4.69) is 49.0 Å². The standard InChI is InChI=1S/C29H31F2N3O/c1-6-17(3)21-10-8-20(19-9-11-24(30)25(31)12-19)13-27(21)34-29-23-14-22(18(4)7-2)28(35-5)15-26(23)32-16-33-29/h8-18H,6-7H2,1-5H3,(H,32,33,34). The lowest BCUT2D eigenvalue weighted by atomic mass is 9.93. The number of fused-ring (bicyclic) bond motifs is 1. The fourth-order valence-corrected chi connectivity index (χ4v) is 4.28. The van der Waals surface area contributed by atoms with Crippen LogP contribution in [0.2, 0.25) is 0 Å². The summed E-state index contributed by atoms with van der Waals surface area (Å²) in [5.41, 5.74) is 5.30. The summed E-state index contributed by atoms with van der Waals surface area (Å²) in [4.78, 5) is 9.03. The number of halogens is 2. The van der Waals surface area contributed by atoms with Crippen LogP contribution in [-0.2, 0) is 0 Å². The maximum Gasteiger partial charge on any atom is 0.159 e. The lowest BCUT2D eigenvalue weighted by molar-refractivity contribution is 0.406. The minimum atomic E-state index is -0.865. The van der Waals surface area contributed by atoms with Crippen molar-refractivity contribution in [1.82, 2.24) is 9.97 Å². The summed E-state index contributed by atoms with van der Waals surface area (Å²) in [5.74, 6) is 0.390. The van der Waals surface area contributed by atoms with Gasteiger partial charge in [-0.15, -0.1) is 0 Å². The van der Waals surface area contributed by atoms with Crippen molar-refractivity contribution in [2.75, 3.05) is 12.4 Å². The first-order chi connectivity index (χ1) is 16.9. The predicted molar refractivity (Wildman–Crippen MR) is 139 cm³/mol. The molecular weight excluding hydrogens is 444 g/mol. The lowest BCUT2D eigenvalue weighted by Gasteiger charge is -2.20. The SMILES string of the molecule is CCC(C)c1ccc(-c2ccc(F)c(F)c2)cc1Nc1ncnc2cc(OC)c(C(C)CC)cc12. The molecule has 2 atom stereocenters. The first-order valence-corrected chi connectivity index (χ1v) is 12.0. The molecule has 0 amide bonds. The Hall–Kier alpha value is -3.54. The van der Waals surface area contributed by atoms with Gasteiger partial charge >= 0.3 is 0 Å². The Kier molecular flexibility index (Phi) is 7.29. The number of ether oxygens (including phenoxy) is 1. The Morgan fingerprint density at radius 2 is 1.51 bits per heavy atom. The number of methoxy groups -OCH3 is 1. The molecule has 0 fully saturated rings. The third-order valence-corrected chi connectivity index (χ3v) is 6.83. The van der Waals surface area contributed by atoms with Crippen LogP contribution < -0.4 is 10.1 Å². The first-order valence-electron chi connectivity index (χ1n) is 12.0. The van der Waals surface area contributed by atoms with E-state index in [-0.39, 0.29) is 0 Å². The van der Waals surface area contributed by atoms with Crippen LogP contribution in [0.15, 0.2) is 54.9 Å². The van der Waals surface area contributed by atoms with Crippen molar-refractivity contribution in [1.29, 1.82) is 0 Å². The Bertz CT molecular complexity index is 1360. The van der Waals surface area contributed by atoms with Gasteiger partial charge in [-0.05, 0) is 71.2 Å². The summed E-state index contributed by atoms with van der Waals surface area (Å²) >= 11 is 0. The molecule has 0 aliphatic carbocycles. The number of anilines is 2. The van der Waals surface area contributed by atoms with E-state index in [1.165, 1.54) is 12.4 Å². The number of nitrogens with one attached hydrogen (secondary N) is 1. The van der Waals surface area contributed by atoms with Crippen LogP contribution in [0.25, 0.3) is 22.0 Å². The molecule has 35 heavy (non-hydrogen) atoms. The highest BCUT2D eigenvalue weighted by molar-refractivity contribution is 5.93. The third-order valence-electron chi connectivity index (χ3n) is 6.83. The molecule has 0 aliphatic rings. The Balaban J connectivity index is 1.84. The van der Waals surface area contributed by atoms with Gasteiger partial charge < -0.3 is 10.1 Å². The Morgan fingerprint density at radius 1 is 0.829 bits per heavy atom. The van der Waals surface area contributed by atoms with E-state index in [1.807, 2.05) is 24.3 Å². The molecule has 0 radical (unpaired) electrons. The fourth-order valence-electron chi connectivity index (χ4n) is 4.28. The smallest absolute Gasteiger partial charge is 0.159 e. The van der Waals surface area contributed by atoms with Gasteiger partial charge in [0.05, 0.1) is 12.6 Å². The Morgan fingerprint density at radius 3 is 2.20 bits per heavy atom. The number of hydrogen-bond acceptors (Lipinski definition) is 4. The van der Waals surface area contributed by atoms with E-state index in [1.54, 1.807) is 13.2 Å². The number of nitrogens with zero attached hydrogens (tertiary/aromatic N) is 2. The highest BCUT2D eigenvalue weighted by Crippen LogP contribution is 2.37. The number of hydrogen-bond donors (Lipinski definition) is 1. The zero-order chi connectivity index (χ0) is 25.1. The van der Waals surface area contributed by atoms with Crippen LogP contribution in [0.1, 0.15) is 63.5 Å². The molecule has 2 unspecified atom stereocenters. The zero-order valence-electron chi connectivity index (χ0n) is 20.8. The van der Waals surface area contributed by atoms with Crippen molar-refractivity contribution >= 4 is 22.4 Å². The van der Waals surface area contributed by atoms with Crippen molar-refractivity contribution in [2.24, 2.45) is 0 Å². The summed E-state index contributed by atoms with van der Waals surface area (Å²) in [6.45, 7) is 8.63. The van der Waals surface area contributed by atoms with Crippen LogP contribution in [0.5, 0.6) is 5.75 Å². The highest BCUT2D eigenvalue weighted by Gasteiger charge is 2.17. The van der Waals surface area contributed by atoms with E-state index in [4.69, 9.17) is 4.74 Å². The van der Waals surface area contributed by atoms with Crippen molar-refractivity contribution in [3.8, 4) is 16.9 Å². The Labute approximate surface area is 205 Å². The van der Waals surface area contributed by atoms with Crippen molar-refractivity contribution < 1.29 is 13.5 Å². The van der Waals surface area contributed by atoms with Crippen LogP contribution in [-0.4, -0.2) is 17.1 Å². The van der Waals surface area contributed by atoms with Crippen LogP contribution >= 0.6 is 0 Å². The van der Waals surface area contributed by atoms with Crippen LogP contribution in [0, 0.1) is 11.6 Å². The molecule has 1 N–H and O–H groups in total. The molecule has 0 saturated heterocycles. The second-order valence-electron chi connectivity index (χ2n) is 9.01. The minimum absolute atomic E-state index is 0.292. The number of benzene rings is 3. The van der Waals surface area contributed by atoms with Crippen LogP contribution in [0.3, 0.4) is 0 Å². The summed E-state index contributed by atoms with van der Waals surface area (Å²) in [6.07, 6.45) is 3.47. The second kappa shape index (κ2) is 10.4. The summed E-state index contributed by atoms with van der Waals surface area (Å²) in [6, 6.07) is 14.0. The molecule has 0 spiro atoms. The van der Waals surface area contributed by atoms with Gasteiger partial charge in [0.2, 0.25) is 0 Å². The molecule has 4 nitrogen and oxygen atoms in total. The monoisotopic (exact) mass is 475 g/mol. The average Bonchev–Trinajstić information content (AvgIpc) is 2.88. The molecule has 4 rings (SSSR count). The lowest BCUT2D eigenvalue weighted by Crippen LogP contribution is -2.04. The van der Waals surface area contributed by atoms with Gasteiger partial charge in [0, 0.05) is 17.1 Å².